The summed E-state index contributed by atoms with van der Waals surface area (Å²) in [5.41, 5.74) is 14.2. The van der Waals surface area contributed by atoms with Crippen LogP contribution in [0.25, 0.3) is 11.1 Å². The molecule has 1 nitrogen and oxygen atoms in total. The lowest BCUT2D eigenvalue weighted by Gasteiger charge is -2.47. The van der Waals surface area contributed by atoms with E-state index in [4.69, 9.17) is 0 Å². The number of benzene rings is 6. The van der Waals surface area contributed by atoms with Gasteiger partial charge in [-0.2, -0.15) is 0 Å². The first kappa shape index (κ1) is 24.1. The van der Waals surface area contributed by atoms with Crippen LogP contribution in [0, 0.1) is 0 Å². The maximum Gasteiger partial charge on any atom is 0.0719 e. The first-order valence-corrected chi connectivity index (χ1v) is 15.5. The Morgan fingerprint density at radius 1 is 0.452 bits per heavy atom. The fraction of sp³-hybridized carbons (Fsp3) is 0.100. The van der Waals surface area contributed by atoms with Crippen LogP contribution in [0.5, 0.6) is 0 Å². The van der Waals surface area contributed by atoms with E-state index in [2.05, 4.69) is 158 Å². The summed E-state index contributed by atoms with van der Waals surface area (Å²) in [6.07, 6.45) is 0. The van der Waals surface area contributed by atoms with Gasteiger partial charge >= 0.3 is 0 Å². The maximum atomic E-state index is 2.49. The van der Waals surface area contributed by atoms with Crippen molar-refractivity contribution in [3.8, 4) is 11.1 Å². The molecule has 0 fully saturated rings. The number of fused-ring (bicyclic) bond motifs is 11. The van der Waals surface area contributed by atoms with Gasteiger partial charge in [-0.25, -0.2) is 0 Å². The summed E-state index contributed by atoms with van der Waals surface area (Å²) in [4.78, 5) is 5.03. The van der Waals surface area contributed by atoms with Crippen LogP contribution >= 0.6 is 11.8 Å². The minimum absolute atomic E-state index is 0.177. The SMILES string of the molecule is CC1(C)c2ccccc2C2(c3ccccc3-c3ccccc32)c2ccc(N3c4ccccc4Sc4ccccc43)cc21. The number of hydrogen-bond acceptors (Lipinski definition) is 2. The van der Waals surface area contributed by atoms with Gasteiger partial charge in [-0.05, 0) is 80.9 Å². The Labute approximate surface area is 251 Å². The predicted molar refractivity (Wildman–Crippen MR) is 175 cm³/mol. The van der Waals surface area contributed by atoms with Gasteiger partial charge in [0.25, 0.3) is 0 Å². The van der Waals surface area contributed by atoms with Gasteiger partial charge in [0.15, 0.2) is 0 Å². The average Bonchev–Trinajstić information content (AvgIpc) is 3.34. The fourth-order valence-electron chi connectivity index (χ4n) is 7.96. The fourth-order valence-corrected chi connectivity index (χ4v) is 9.02. The van der Waals surface area contributed by atoms with E-state index in [0.29, 0.717) is 0 Å². The topological polar surface area (TPSA) is 3.24 Å². The van der Waals surface area contributed by atoms with Crippen LogP contribution in [-0.2, 0) is 10.8 Å². The van der Waals surface area contributed by atoms with Crippen LogP contribution in [0.3, 0.4) is 0 Å². The molecule has 0 saturated heterocycles. The highest BCUT2D eigenvalue weighted by Gasteiger charge is 2.53. The summed E-state index contributed by atoms with van der Waals surface area (Å²) < 4.78 is 0. The zero-order chi connectivity index (χ0) is 28.1. The van der Waals surface area contributed by atoms with E-state index >= 15 is 0 Å². The normalized spacial score (nSPS) is 16.1. The van der Waals surface area contributed by atoms with E-state index in [0.717, 1.165) is 0 Å². The Balaban J connectivity index is 1.37. The lowest BCUT2D eigenvalue weighted by molar-refractivity contribution is 0.563. The maximum absolute atomic E-state index is 2.49. The molecule has 42 heavy (non-hydrogen) atoms. The largest absolute Gasteiger partial charge is 0.308 e. The van der Waals surface area contributed by atoms with Crippen LogP contribution in [0.4, 0.5) is 17.1 Å². The molecule has 0 N–H and O–H groups in total. The summed E-state index contributed by atoms with van der Waals surface area (Å²) in [5, 5.41) is 0. The Morgan fingerprint density at radius 2 is 0.929 bits per heavy atom. The molecule has 0 aromatic heterocycles. The second-order valence-electron chi connectivity index (χ2n) is 12.1. The van der Waals surface area contributed by atoms with Crippen molar-refractivity contribution in [3.05, 3.63) is 173 Å². The highest BCUT2D eigenvalue weighted by Crippen LogP contribution is 2.62. The first-order valence-electron chi connectivity index (χ1n) is 14.7. The van der Waals surface area contributed by atoms with Crippen molar-refractivity contribution < 1.29 is 0 Å². The molecule has 0 atom stereocenters. The van der Waals surface area contributed by atoms with E-state index < -0.39 is 0 Å². The standard InChI is InChI=1S/C40H29NS/c1-39(2)31-17-7-8-18-32(31)40(29-15-5-3-13-27(29)28-14-4-6-16-30(28)40)33-24-23-26(25-34(33)39)41-35-19-9-11-21-37(35)42-38-22-12-10-20-36(38)41/h3-25H,1-2H3. The Bertz CT molecular complexity index is 1980. The molecule has 2 aliphatic carbocycles. The Morgan fingerprint density at radius 3 is 1.55 bits per heavy atom. The molecule has 200 valence electrons. The van der Waals surface area contributed by atoms with Gasteiger partial charge < -0.3 is 4.90 Å². The van der Waals surface area contributed by atoms with Crippen molar-refractivity contribution in [1.29, 1.82) is 0 Å². The van der Waals surface area contributed by atoms with Gasteiger partial charge in [-0.1, -0.05) is 129 Å². The summed E-state index contributed by atoms with van der Waals surface area (Å²) in [5.74, 6) is 0. The number of nitrogens with zero attached hydrogens (tertiary/aromatic N) is 1. The number of rotatable bonds is 1. The summed E-state index contributed by atoms with van der Waals surface area (Å²) in [6.45, 7) is 4.81. The van der Waals surface area contributed by atoms with Gasteiger partial charge in [-0.15, -0.1) is 0 Å². The lowest BCUT2D eigenvalue weighted by Crippen LogP contribution is -2.40. The minimum atomic E-state index is -0.360. The smallest absolute Gasteiger partial charge is 0.0719 e. The van der Waals surface area contributed by atoms with Crippen LogP contribution in [0.1, 0.15) is 47.2 Å². The van der Waals surface area contributed by atoms with Gasteiger partial charge in [0.05, 0.1) is 16.8 Å². The van der Waals surface area contributed by atoms with Gasteiger partial charge in [0.1, 0.15) is 0 Å². The van der Waals surface area contributed by atoms with E-state index in [9.17, 15) is 0 Å². The van der Waals surface area contributed by atoms with E-state index in [1.807, 2.05) is 11.8 Å². The second kappa shape index (κ2) is 8.50. The molecule has 0 radical (unpaired) electrons. The van der Waals surface area contributed by atoms with E-state index in [-0.39, 0.29) is 10.8 Å². The van der Waals surface area contributed by atoms with Crippen molar-refractivity contribution in [1.82, 2.24) is 0 Å². The van der Waals surface area contributed by atoms with Crippen LogP contribution < -0.4 is 4.90 Å². The lowest BCUT2D eigenvalue weighted by atomic mass is 9.55. The molecule has 1 heterocycles. The summed E-state index contributed by atoms with van der Waals surface area (Å²) in [7, 11) is 0. The molecule has 0 saturated carbocycles. The second-order valence-corrected chi connectivity index (χ2v) is 13.2. The molecule has 2 heteroatoms. The van der Waals surface area contributed by atoms with Gasteiger partial charge in [0, 0.05) is 20.9 Å². The third-order valence-electron chi connectivity index (χ3n) is 9.73. The molecule has 6 aromatic carbocycles. The summed E-state index contributed by atoms with van der Waals surface area (Å²) >= 11 is 1.86. The molecular weight excluding hydrogens is 527 g/mol. The highest BCUT2D eigenvalue weighted by molar-refractivity contribution is 7.99. The first-order chi connectivity index (χ1) is 20.6. The average molecular weight is 556 g/mol. The van der Waals surface area contributed by atoms with Gasteiger partial charge in [0.2, 0.25) is 0 Å². The molecule has 6 aromatic rings. The summed E-state index contributed by atoms with van der Waals surface area (Å²) in [6, 6.07) is 52.1. The van der Waals surface area contributed by atoms with Crippen molar-refractivity contribution in [2.75, 3.05) is 4.90 Å². The van der Waals surface area contributed by atoms with Crippen LogP contribution in [-0.4, -0.2) is 0 Å². The van der Waals surface area contributed by atoms with E-state index in [1.165, 1.54) is 71.4 Å². The third-order valence-corrected chi connectivity index (χ3v) is 10.9. The third kappa shape index (κ3) is 2.95. The molecule has 1 aliphatic heterocycles. The molecule has 0 bridgehead atoms. The minimum Gasteiger partial charge on any atom is -0.308 e. The number of anilines is 3. The predicted octanol–water partition coefficient (Wildman–Crippen LogP) is 10.6. The van der Waals surface area contributed by atoms with Crippen LogP contribution in [0.15, 0.2) is 149 Å². The number of para-hydroxylation sites is 2. The molecule has 3 aliphatic rings. The zero-order valence-electron chi connectivity index (χ0n) is 23.6. The monoisotopic (exact) mass is 555 g/mol. The molecular formula is C40H29NS. The van der Waals surface area contributed by atoms with Crippen molar-refractivity contribution in [2.24, 2.45) is 0 Å². The molecule has 0 unspecified atom stereocenters. The molecule has 0 amide bonds. The molecule has 1 spiro atoms. The van der Waals surface area contributed by atoms with Crippen molar-refractivity contribution in [2.45, 2.75) is 34.5 Å². The Hall–Kier alpha value is -4.53. The quantitative estimate of drug-likeness (QED) is 0.198. The highest BCUT2D eigenvalue weighted by atomic mass is 32.2. The van der Waals surface area contributed by atoms with Crippen LogP contribution in [0.2, 0.25) is 0 Å². The van der Waals surface area contributed by atoms with Gasteiger partial charge in [-0.3, -0.25) is 0 Å². The van der Waals surface area contributed by atoms with Crippen molar-refractivity contribution >= 4 is 28.8 Å². The van der Waals surface area contributed by atoms with Crippen molar-refractivity contribution in [3.63, 3.8) is 0 Å². The van der Waals surface area contributed by atoms with E-state index in [1.54, 1.807) is 0 Å². The number of hydrogen-bond donors (Lipinski definition) is 0. The molecule has 9 rings (SSSR count). The Kier molecular flexibility index (Phi) is 4.88. The zero-order valence-corrected chi connectivity index (χ0v) is 24.5.